The maximum absolute atomic E-state index is 11.3. The van der Waals surface area contributed by atoms with Crippen LogP contribution < -0.4 is 4.90 Å². The van der Waals surface area contributed by atoms with E-state index in [9.17, 15) is 10.1 Å². The summed E-state index contributed by atoms with van der Waals surface area (Å²) in [5.41, 5.74) is 0.529. The SMILES string of the molecule is Cc1noc(C(C)N2CCN(c3c([N+](=O)[O-])c(C)nn3C)CC2)n1. The van der Waals surface area contributed by atoms with Crippen molar-refractivity contribution in [3.8, 4) is 0 Å². The fraction of sp³-hybridized carbons (Fsp3) is 0.643. The number of nitrogens with zero attached hydrogens (tertiary/aromatic N) is 7. The molecule has 1 atom stereocenters. The number of hydrogen-bond donors (Lipinski definition) is 0. The van der Waals surface area contributed by atoms with Gasteiger partial charge in [-0.25, -0.2) is 4.68 Å². The van der Waals surface area contributed by atoms with E-state index in [1.165, 1.54) is 0 Å². The van der Waals surface area contributed by atoms with E-state index in [2.05, 4.69) is 20.1 Å². The van der Waals surface area contributed by atoms with Gasteiger partial charge in [-0.3, -0.25) is 15.0 Å². The zero-order chi connectivity index (χ0) is 17.4. The molecule has 1 unspecified atom stereocenters. The maximum atomic E-state index is 11.3. The van der Waals surface area contributed by atoms with Crippen molar-refractivity contribution in [2.45, 2.75) is 26.8 Å². The first-order valence-corrected chi connectivity index (χ1v) is 7.85. The summed E-state index contributed by atoms with van der Waals surface area (Å²) in [6.45, 7) is 8.35. The van der Waals surface area contributed by atoms with Crippen LogP contribution in [0.2, 0.25) is 0 Å². The van der Waals surface area contributed by atoms with Crippen molar-refractivity contribution in [2.24, 2.45) is 7.05 Å². The molecule has 0 aliphatic carbocycles. The Morgan fingerprint density at radius 1 is 1.25 bits per heavy atom. The van der Waals surface area contributed by atoms with Crippen LogP contribution in [-0.4, -0.2) is 55.9 Å². The van der Waals surface area contributed by atoms with Crippen LogP contribution in [0.3, 0.4) is 0 Å². The summed E-state index contributed by atoms with van der Waals surface area (Å²) in [5.74, 6) is 1.79. The Hall–Kier alpha value is -2.49. The lowest BCUT2D eigenvalue weighted by Gasteiger charge is -2.37. The normalized spacial score (nSPS) is 17.2. The zero-order valence-corrected chi connectivity index (χ0v) is 14.3. The molecule has 0 aromatic carbocycles. The fourth-order valence-corrected chi connectivity index (χ4v) is 3.16. The minimum Gasteiger partial charge on any atom is -0.349 e. The van der Waals surface area contributed by atoms with Crippen molar-refractivity contribution in [1.29, 1.82) is 0 Å². The van der Waals surface area contributed by atoms with Gasteiger partial charge in [0.05, 0.1) is 11.0 Å². The third-order valence-corrected chi connectivity index (χ3v) is 4.41. The number of rotatable bonds is 4. The van der Waals surface area contributed by atoms with Gasteiger partial charge in [0.2, 0.25) is 11.7 Å². The van der Waals surface area contributed by atoms with Gasteiger partial charge in [-0.1, -0.05) is 5.16 Å². The molecule has 1 aliphatic rings. The molecule has 2 aromatic heterocycles. The van der Waals surface area contributed by atoms with Gasteiger partial charge in [-0.15, -0.1) is 0 Å². The minimum absolute atomic E-state index is 0.0246. The van der Waals surface area contributed by atoms with Crippen molar-refractivity contribution >= 4 is 11.5 Å². The predicted molar refractivity (Wildman–Crippen MR) is 85.8 cm³/mol. The molecule has 10 nitrogen and oxygen atoms in total. The monoisotopic (exact) mass is 335 g/mol. The number of nitro groups is 1. The van der Waals surface area contributed by atoms with Crippen LogP contribution in [0.1, 0.15) is 30.4 Å². The lowest BCUT2D eigenvalue weighted by atomic mass is 10.2. The van der Waals surface area contributed by atoms with Crippen LogP contribution in [0.5, 0.6) is 0 Å². The molecule has 3 rings (SSSR count). The second-order valence-electron chi connectivity index (χ2n) is 6.02. The van der Waals surface area contributed by atoms with Crippen LogP contribution >= 0.6 is 0 Å². The topological polar surface area (TPSA) is 106 Å². The Morgan fingerprint density at radius 2 is 1.92 bits per heavy atom. The fourth-order valence-electron chi connectivity index (χ4n) is 3.16. The van der Waals surface area contributed by atoms with E-state index >= 15 is 0 Å². The van der Waals surface area contributed by atoms with Crippen molar-refractivity contribution in [2.75, 3.05) is 31.1 Å². The summed E-state index contributed by atoms with van der Waals surface area (Å²) < 4.78 is 6.84. The van der Waals surface area contributed by atoms with Crippen molar-refractivity contribution in [1.82, 2.24) is 24.8 Å². The van der Waals surface area contributed by atoms with Crippen molar-refractivity contribution in [3.05, 3.63) is 27.5 Å². The van der Waals surface area contributed by atoms with Gasteiger partial charge >= 0.3 is 5.69 Å². The molecule has 10 heteroatoms. The lowest BCUT2D eigenvalue weighted by molar-refractivity contribution is -0.384. The van der Waals surface area contributed by atoms with E-state index in [0.717, 1.165) is 13.1 Å². The minimum atomic E-state index is -0.353. The molecule has 0 radical (unpaired) electrons. The van der Waals surface area contributed by atoms with E-state index in [1.807, 2.05) is 11.8 Å². The number of hydrogen-bond acceptors (Lipinski definition) is 8. The van der Waals surface area contributed by atoms with Gasteiger partial charge < -0.3 is 9.42 Å². The molecule has 24 heavy (non-hydrogen) atoms. The summed E-state index contributed by atoms with van der Waals surface area (Å²) >= 11 is 0. The molecule has 1 aliphatic heterocycles. The first-order valence-electron chi connectivity index (χ1n) is 7.85. The Kier molecular flexibility index (Phi) is 4.22. The molecule has 130 valence electrons. The summed E-state index contributed by atoms with van der Waals surface area (Å²) in [5, 5.41) is 19.4. The third kappa shape index (κ3) is 2.84. The molecule has 0 saturated carbocycles. The highest BCUT2D eigenvalue weighted by Crippen LogP contribution is 2.32. The zero-order valence-electron chi connectivity index (χ0n) is 14.3. The Balaban J connectivity index is 1.73. The average molecular weight is 335 g/mol. The molecule has 1 saturated heterocycles. The van der Waals surface area contributed by atoms with Gasteiger partial charge in [0, 0.05) is 33.2 Å². The van der Waals surface area contributed by atoms with Gasteiger partial charge in [-0.2, -0.15) is 10.1 Å². The van der Waals surface area contributed by atoms with E-state index in [-0.39, 0.29) is 16.7 Å². The quantitative estimate of drug-likeness (QED) is 0.606. The molecule has 0 N–H and O–H groups in total. The molecule has 1 fully saturated rings. The summed E-state index contributed by atoms with van der Waals surface area (Å²) in [7, 11) is 1.74. The molecular formula is C14H21N7O3. The first-order chi connectivity index (χ1) is 11.4. The first kappa shape index (κ1) is 16.4. The van der Waals surface area contributed by atoms with E-state index < -0.39 is 0 Å². The van der Waals surface area contributed by atoms with Gasteiger partial charge in [-0.05, 0) is 20.8 Å². The smallest absolute Gasteiger partial charge is 0.333 e. The van der Waals surface area contributed by atoms with Gasteiger partial charge in [0.1, 0.15) is 5.69 Å². The second-order valence-corrected chi connectivity index (χ2v) is 6.02. The largest absolute Gasteiger partial charge is 0.349 e. The molecule has 0 amide bonds. The number of anilines is 1. The molecule has 0 bridgehead atoms. The van der Waals surface area contributed by atoms with Crippen molar-refractivity contribution < 1.29 is 9.45 Å². The van der Waals surface area contributed by atoms with Gasteiger partial charge in [0.15, 0.2) is 5.82 Å². The lowest BCUT2D eigenvalue weighted by Crippen LogP contribution is -2.48. The summed E-state index contributed by atoms with van der Waals surface area (Å²) in [6, 6.07) is 0.0246. The molecule has 3 heterocycles. The highest BCUT2D eigenvalue weighted by atomic mass is 16.6. The van der Waals surface area contributed by atoms with Crippen LogP contribution in [0, 0.1) is 24.0 Å². The predicted octanol–water partition coefficient (Wildman–Crippen LogP) is 1.21. The standard InChI is InChI=1S/C14H21N7O3/c1-9-12(21(22)23)14(18(4)16-9)20-7-5-19(6-8-20)10(2)13-15-11(3)17-24-13/h10H,5-8H2,1-4H3. The van der Waals surface area contributed by atoms with E-state index in [0.29, 0.717) is 36.3 Å². The average Bonchev–Trinajstić information content (AvgIpc) is 3.09. The third-order valence-electron chi connectivity index (χ3n) is 4.41. The summed E-state index contributed by atoms with van der Waals surface area (Å²) in [6.07, 6.45) is 0. The molecule has 0 spiro atoms. The number of aryl methyl sites for hydroxylation is 3. The number of aromatic nitrogens is 4. The Morgan fingerprint density at radius 3 is 2.46 bits per heavy atom. The highest BCUT2D eigenvalue weighted by molar-refractivity contribution is 5.61. The van der Waals surface area contributed by atoms with Crippen LogP contribution in [0.4, 0.5) is 11.5 Å². The number of piperazine rings is 1. The van der Waals surface area contributed by atoms with Crippen LogP contribution in [0.25, 0.3) is 0 Å². The molecular weight excluding hydrogens is 314 g/mol. The van der Waals surface area contributed by atoms with Crippen LogP contribution in [-0.2, 0) is 7.05 Å². The molecule has 2 aromatic rings. The maximum Gasteiger partial charge on any atom is 0.333 e. The van der Waals surface area contributed by atoms with E-state index in [1.54, 1.807) is 25.6 Å². The summed E-state index contributed by atoms with van der Waals surface area (Å²) in [4.78, 5) is 19.5. The highest BCUT2D eigenvalue weighted by Gasteiger charge is 2.32. The van der Waals surface area contributed by atoms with Crippen LogP contribution in [0.15, 0.2) is 4.52 Å². The van der Waals surface area contributed by atoms with E-state index in [4.69, 9.17) is 4.52 Å². The Labute approximate surface area is 139 Å². The second kappa shape index (κ2) is 6.19. The van der Waals surface area contributed by atoms with Crippen molar-refractivity contribution in [3.63, 3.8) is 0 Å². The Bertz CT molecular complexity index is 746. The van der Waals surface area contributed by atoms with Gasteiger partial charge in [0.25, 0.3) is 0 Å².